The molecule has 23 heavy (non-hydrogen) atoms. The lowest BCUT2D eigenvalue weighted by molar-refractivity contribution is -0.120. The van der Waals surface area contributed by atoms with Crippen LogP contribution in [0.2, 0.25) is 5.02 Å². The van der Waals surface area contributed by atoms with Crippen LogP contribution < -0.4 is 5.32 Å². The van der Waals surface area contributed by atoms with Crippen LogP contribution in [0.3, 0.4) is 0 Å². The second kappa shape index (κ2) is 7.77. The third kappa shape index (κ3) is 4.82. The molecule has 2 rings (SSSR count). The molecule has 0 aromatic heterocycles. The monoisotopic (exact) mass is 327 g/mol. The first-order valence-electron chi connectivity index (χ1n) is 7.25. The minimum Gasteiger partial charge on any atom is -0.325 e. The normalized spacial score (nSPS) is 11.8. The van der Waals surface area contributed by atoms with E-state index in [9.17, 15) is 4.79 Å². The lowest BCUT2D eigenvalue weighted by Crippen LogP contribution is -2.39. The first-order chi connectivity index (χ1) is 11.0. The van der Waals surface area contributed by atoms with Crippen molar-refractivity contribution in [1.29, 1.82) is 5.26 Å². The number of carbonyl (C=O) groups excluding carboxylic acids is 1. The fourth-order valence-corrected chi connectivity index (χ4v) is 2.22. The highest BCUT2D eigenvalue weighted by molar-refractivity contribution is 6.30. The number of likely N-dealkylation sites (N-methyl/N-ethyl adjacent to an activating group) is 1. The number of hydrogen-bond donors (Lipinski definition) is 1. The number of benzene rings is 2. The van der Waals surface area contributed by atoms with E-state index in [-0.39, 0.29) is 11.9 Å². The van der Waals surface area contributed by atoms with Crippen LogP contribution in [0.25, 0.3) is 0 Å². The van der Waals surface area contributed by atoms with Gasteiger partial charge in [0.25, 0.3) is 0 Å². The third-order valence-electron chi connectivity index (χ3n) is 3.67. The number of nitrogens with zero attached hydrogens (tertiary/aromatic N) is 2. The lowest BCUT2D eigenvalue weighted by Gasteiger charge is -2.24. The molecule has 1 atom stereocenters. The fraction of sp³-hybridized carbons (Fsp3) is 0.222. The molecule has 0 bridgehead atoms. The number of amides is 1. The number of hydrogen-bond acceptors (Lipinski definition) is 3. The largest absolute Gasteiger partial charge is 0.325 e. The Bertz CT molecular complexity index is 705. The summed E-state index contributed by atoms with van der Waals surface area (Å²) in [5.74, 6) is -0.0915. The molecule has 2 aromatic rings. The number of nitriles is 1. The maximum atomic E-state index is 12.3. The molecule has 2 aromatic carbocycles. The van der Waals surface area contributed by atoms with Crippen LogP contribution in [-0.4, -0.2) is 23.9 Å². The standard InChI is InChI=1S/C18H18ClN3O/c1-13(22(2)12-15-3-7-16(19)8-4-15)18(23)21-17-9-5-14(11-20)6-10-17/h3-10,13H,12H2,1-2H3,(H,21,23)/t13-/m1/s1. The molecule has 1 amide bonds. The Balaban J connectivity index is 1.95. The molecule has 0 saturated carbocycles. The van der Waals surface area contributed by atoms with E-state index in [2.05, 4.69) is 5.32 Å². The van der Waals surface area contributed by atoms with Crippen LogP contribution in [-0.2, 0) is 11.3 Å². The van der Waals surface area contributed by atoms with E-state index in [4.69, 9.17) is 16.9 Å². The Labute approximate surface area is 141 Å². The van der Waals surface area contributed by atoms with Gasteiger partial charge in [-0.25, -0.2) is 0 Å². The highest BCUT2D eigenvalue weighted by Crippen LogP contribution is 2.14. The van der Waals surface area contributed by atoms with Crippen LogP contribution >= 0.6 is 11.6 Å². The van der Waals surface area contributed by atoms with Gasteiger partial charge < -0.3 is 5.32 Å². The molecule has 1 N–H and O–H groups in total. The second-order valence-corrected chi connectivity index (χ2v) is 5.83. The van der Waals surface area contributed by atoms with E-state index in [1.165, 1.54) is 0 Å². The number of nitrogens with one attached hydrogen (secondary N) is 1. The SMILES string of the molecule is C[C@H](C(=O)Nc1ccc(C#N)cc1)N(C)Cc1ccc(Cl)cc1. The van der Waals surface area contributed by atoms with Crippen molar-refractivity contribution in [3.05, 3.63) is 64.7 Å². The molecular weight excluding hydrogens is 310 g/mol. The van der Waals surface area contributed by atoms with Crippen LogP contribution in [0.5, 0.6) is 0 Å². The van der Waals surface area contributed by atoms with Crippen molar-refractivity contribution in [1.82, 2.24) is 4.90 Å². The molecule has 0 saturated heterocycles. The van der Waals surface area contributed by atoms with Crippen molar-refractivity contribution in [2.75, 3.05) is 12.4 Å². The summed E-state index contributed by atoms with van der Waals surface area (Å²) in [5, 5.41) is 12.3. The van der Waals surface area contributed by atoms with Crippen molar-refractivity contribution in [2.24, 2.45) is 0 Å². The number of rotatable bonds is 5. The van der Waals surface area contributed by atoms with Gasteiger partial charge in [0.05, 0.1) is 17.7 Å². The maximum Gasteiger partial charge on any atom is 0.241 e. The van der Waals surface area contributed by atoms with Gasteiger partial charge in [-0.2, -0.15) is 5.26 Å². The van der Waals surface area contributed by atoms with Gasteiger partial charge >= 0.3 is 0 Å². The molecule has 0 aliphatic heterocycles. The van der Waals surface area contributed by atoms with Crippen LogP contribution in [0.4, 0.5) is 5.69 Å². The van der Waals surface area contributed by atoms with Gasteiger partial charge in [0, 0.05) is 17.3 Å². The number of anilines is 1. The highest BCUT2D eigenvalue weighted by atomic mass is 35.5. The Morgan fingerprint density at radius 2 is 1.83 bits per heavy atom. The molecule has 0 radical (unpaired) electrons. The summed E-state index contributed by atoms with van der Waals surface area (Å²) >= 11 is 5.88. The van der Waals surface area contributed by atoms with Gasteiger partial charge in [0.15, 0.2) is 0 Å². The molecule has 0 aliphatic carbocycles. The first-order valence-corrected chi connectivity index (χ1v) is 7.63. The van der Waals surface area contributed by atoms with E-state index in [0.717, 1.165) is 5.56 Å². The average Bonchev–Trinajstić information content (AvgIpc) is 2.56. The summed E-state index contributed by atoms with van der Waals surface area (Å²) in [6.07, 6.45) is 0. The predicted molar refractivity (Wildman–Crippen MR) is 92.2 cm³/mol. The van der Waals surface area contributed by atoms with Gasteiger partial charge in [-0.1, -0.05) is 23.7 Å². The second-order valence-electron chi connectivity index (χ2n) is 5.40. The molecule has 0 fully saturated rings. The molecule has 118 valence electrons. The summed E-state index contributed by atoms with van der Waals surface area (Å²) in [7, 11) is 1.90. The summed E-state index contributed by atoms with van der Waals surface area (Å²) in [6.45, 7) is 2.51. The Kier molecular flexibility index (Phi) is 5.75. The van der Waals surface area contributed by atoms with Crippen molar-refractivity contribution in [2.45, 2.75) is 19.5 Å². The zero-order chi connectivity index (χ0) is 16.8. The number of carbonyl (C=O) groups is 1. The predicted octanol–water partition coefficient (Wildman–Crippen LogP) is 3.67. The van der Waals surface area contributed by atoms with Crippen LogP contribution in [0.1, 0.15) is 18.1 Å². The first kappa shape index (κ1) is 17.0. The molecule has 0 unspecified atom stereocenters. The molecule has 5 heteroatoms. The van der Waals surface area contributed by atoms with E-state index in [0.29, 0.717) is 22.8 Å². The van der Waals surface area contributed by atoms with Crippen LogP contribution in [0, 0.1) is 11.3 Å². The van der Waals surface area contributed by atoms with Gasteiger partial charge in [-0.15, -0.1) is 0 Å². The quantitative estimate of drug-likeness (QED) is 0.911. The number of halogens is 1. The maximum absolute atomic E-state index is 12.3. The Morgan fingerprint density at radius 3 is 2.39 bits per heavy atom. The minimum absolute atomic E-state index is 0.0915. The summed E-state index contributed by atoms with van der Waals surface area (Å²) in [6, 6.07) is 16.1. The molecular formula is C18H18ClN3O. The summed E-state index contributed by atoms with van der Waals surface area (Å²) in [4.78, 5) is 14.3. The molecule has 0 spiro atoms. The van der Waals surface area contributed by atoms with Gasteiger partial charge in [0.2, 0.25) is 5.91 Å². The zero-order valence-corrected chi connectivity index (χ0v) is 13.8. The minimum atomic E-state index is -0.290. The van der Waals surface area contributed by atoms with E-state index < -0.39 is 0 Å². The van der Waals surface area contributed by atoms with Crippen molar-refractivity contribution >= 4 is 23.2 Å². The van der Waals surface area contributed by atoms with E-state index in [1.807, 2.05) is 49.2 Å². The zero-order valence-electron chi connectivity index (χ0n) is 13.1. The van der Waals surface area contributed by atoms with Crippen molar-refractivity contribution in [3.8, 4) is 6.07 Å². The van der Waals surface area contributed by atoms with Crippen molar-refractivity contribution in [3.63, 3.8) is 0 Å². The lowest BCUT2D eigenvalue weighted by atomic mass is 10.1. The van der Waals surface area contributed by atoms with Gasteiger partial charge in [-0.05, 0) is 55.9 Å². The van der Waals surface area contributed by atoms with Crippen LogP contribution in [0.15, 0.2) is 48.5 Å². The Hall–Kier alpha value is -2.35. The fourth-order valence-electron chi connectivity index (χ4n) is 2.09. The smallest absolute Gasteiger partial charge is 0.241 e. The average molecular weight is 328 g/mol. The van der Waals surface area contributed by atoms with E-state index >= 15 is 0 Å². The third-order valence-corrected chi connectivity index (χ3v) is 3.92. The van der Waals surface area contributed by atoms with Gasteiger partial charge in [-0.3, -0.25) is 9.69 Å². The topological polar surface area (TPSA) is 56.1 Å². The Morgan fingerprint density at radius 1 is 1.22 bits per heavy atom. The molecule has 0 heterocycles. The van der Waals surface area contributed by atoms with Crippen molar-refractivity contribution < 1.29 is 4.79 Å². The summed E-state index contributed by atoms with van der Waals surface area (Å²) in [5.41, 5.74) is 2.34. The highest BCUT2D eigenvalue weighted by Gasteiger charge is 2.18. The summed E-state index contributed by atoms with van der Waals surface area (Å²) < 4.78 is 0. The molecule has 4 nitrogen and oxygen atoms in total. The van der Waals surface area contributed by atoms with E-state index in [1.54, 1.807) is 24.3 Å². The van der Waals surface area contributed by atoms with Gasteiger partial charge in [0.1, 0.15) is 0 Å². The molecule has 0 aliphatic rings.